The second-order valence-corrected chi connectivity index (χ2v) is 10.8. The van der Waals surface area contributed by atoms with E-state index in [0.29, 0.717) is 0 Å². The first-order chi connectivity index (χ1) is 24.3. The number of pyridine rings is 4. The number of hydrogen-bond acceptors (Lipinski definition) is 5. The van der Waals surface area contributed by atoms with E-state index in [1.165, 1.54) is 0 Å². The molecule has 0 unspecified atom stereocenters. The van der Waals surface area contributed by atoms with E-state index in [-0.39, 0.29) is 42.1 Å². The van der Waals surface area contributed by atoms with Gasteiger partial charge in [-0.15, -0.1) is 107 Å². The van der Waals surface area contributed by atoms with Crippen LogP contribution < -0.4 is 0 Å². The molecule has 0 aliphatic heterocycles. The second-order valence-electron chi connectivity index (χ2n) is 10.8. The number of furan rings is 1. The van der Waals surface area contributed by atoms with Crippen molar-refractivity contribution in [3.05, 3.63) is 195 Å². The molecule has 5 nitrogen and oxygen atoms in total. The Labute approximate surface area is 326 Å². The van der Waals surface area contributed by atoms with Gasteiger partial charge in [0, 0.05) is 41.8 Å². The van der Waals surface area contributed by atoms with Crippen molar-refractivity contribution in [2.75, 3.05) is 0 Å². The number of rotatable bonds is 4. The number of hydrogen-bond donors (Lipinski definition) is 0. The van der Waals surface area contributed by atoms with Crippen molar-refractivity contribution in [2.24, 2.45) is 0 Å². The molecule has 51 heavy (non-hydrogen) atoms. The van der Waals surface area contributed by atoms with Crippen molar-refractivity contribution in [3.63, 3.8) is 0 Å². The van der Waals surface area contributed by atoms with E-state index in [0.717, 1.165) is 66.9 Å². The van der Waals surface area contributed by atoms with Gasteiger partial charge in [0.15, 0.2) is 0 Å². The van der Waals surface area contributed by atoms with Gasteiger partial charge >= 0.3 is 42.1 Å². The Morgan fingerprint density at radius 1 is 0.431 bits per heavy atom. The predicted octanol–water partition coefficient (Wildman–Crippen LogP) is 10.4. The van der Waals surface area contributed by atoms with Crippen LogP contribution in [-0.2, 0) is 42.1 Å². The minimum Gasteiger partial charge on any atom is -0.536 e. The van der Waals surface area contributed by atoms with Crippen LogP contribution in [0.4, 0.5) is 0 Å². The first-order valence-corrected chi connectivity index (χ1v) is 15.7. The monoisotopic (exact) mass is 1020 g/mol. The maximum absolute atomic E-state index is 5.26. The fraction of sp³-hybridized carbons (Fsp3) is 0. The SMILES string of the molecule is [Pt+2].[Pt+2].[c-]1c(-c2ccccn2)cccc1-c1ccccn1.[c-]1cccc2cc3oc[c-]c3cc12.[c-]1ccccc1-c1cccc(-c2ccccn2)n1. The predicted molar refractivity (Wildman–Crippen MR) is 195 cm³/mol. The van der Waals surface area contributed by atoms with Gasteiger partial charge in [-0.1, -0.05) is 53.6 Å². The molecule has 0 N–H and O–H groups in total. The van der Waals surface area contributed by atoms with Crippen LogP contribution in [0.2, 0.25) is 0 Å². The molecule has 0 atom stereocenters. The fourth-order valence-electron chi connectivity index (χ4n) is 5.12. The summed E-state index contributed by atoms with van der Waals surface area (Å²) in [5, 5.41) is 3.26. The van der Waals surface area contributed by atoms with Crippen LogP contribution >= 0.6 is 0 Å². The summed E-state index contributed by atoms with van der Waals surface area (Å²) in [6.07, 6.45) is 6.94. The Morgan fingerprint density at radius 3 is 1.67 bits per heavy atom. The van der Waals surface area contributed by atoms with Gasteiger partial charge < -0.3 is 4.42 Å². The molecule has 0 fully saturated rings. The molecule has 0 amide bonds. The molecule has 0 spiro atoms. The molecule has 0 saturated carbocycles. The molecular weight excluding hydrogens is 991 g/mol. The van der Waals surface area contributed by atoms with Crippen LogP contribution in [-0.4, -0.2) is 19.9 Å². The normalized spacial score (nSPS) is 10.0. The number of fused-ring (bicyclic) bond motifs is 2. The zero-order valence-corrected chi connectivity index (χ0v) is 31.5. The van der Waals surface area contributed by atoms with Crippen LogP contribution in [0.25, 0.3) is 66.9 Å². The minimum absolute atomic E-state index is 0. The Balaban J connectivity index is 0.000000147. The molecule has 250 valence electrons. The quantitative estimate of drug-likeness (QED) is 0.164. The average Bonchev–Trinajstić information content (AvgIpc) is 3.66. The van der Waals surface area contributed by atoms with Gasteiger partial charge in [0.1, 0.15) is 0 Å². The number of aromatic nitrogens is 4. The fourth-order valence-corrected chi connectivity index (χ4v) is 5.12. The van der Waals surface area contributed by atoms with Gasteiger partial charge in [-0.05, 0) is 36.0 Å². The van der Waals surface area contributed by atoms with E-state index in [1.54, 1.807) is 24.9 Å². The molecule has 9 rings (SSSR count). The van der Waals surface area contributed by atoms with Crippen molar-refractivity contribution in [1.82, 2.24) is 19.9 Å². The van der Waals surface area contributed by atoms with E-state index in [9.17, 15) is 0 Å². The van der Waals surface area contributed by atoms with Crippen molar-refractivity contribution >= 4 is 21.7 Å². The third-order valence-corrected chi connectivity index (χ3v) is 7.50. The summed E-state index contributed by atoms with van der Waals surface area (Å²) in [4.78, 5) is 17.6. The summed E-state index contributed by atoms with van der Waals surface area (Å²) in [7, 11) is 0. The van der Waals surface area contributed by atoms with E-state index in [4.69, 9.17) is 4.42 Å². The zero-order valence-electron chi connectivity index (χ0n) is 27.0. The minimum atomic E-state index is 0. The van der Waals surface area contributed by atoms with E-state index in [2.05, 4.69) is 44.2 Å². The molecular formula is C44H28N4OPt2. The number of nitrogens with zero attached hydrogens (tertiary/aromatic N) is 4. The number of benzene rings is 4. The molecule has 0 bridgehead atoms. The van der Waals surface area contributed by atoms with Crippen molar-refractivity contribution in [2.45, 2.75) is 0 Å². The first kappa shape index (κ1) is 36.9. The summed E-state index contributed by atoms with van der Waals surface area (Å²) in [6, 6.07) is 60.1. The Hall–Kier alpha value is -5.34. The van der Waals surface area contributed by atoms with E-state index < -0.39 is 0 Å². The topological polar surface area (TPSA) is 64.7 Å². The standard InChI is InChI=1S/2C16H11N2.C12H6O.2Pt/c1-3-10-17-15(8-1)13-6-5-7-14(12-13)16-9-2-4-11-18-16;1-2-7-13(8-3-1)14-10-6-11-16(18-14)15-9-4-5-12-17-15;1-2-4-10-8-12-11(5-6-13-12)7-9(10)3-1;;/h1-11H;1-7,9-12H;1-2,4,6-8H;;/q2*-1;-2;2*+2. The maximum atomic E-state index is 5.26. The average molecular weight is 1020 g/mol. The molecule has 5 aromatic heterocycles. The Morgan fingerprint density at radius 2 is 1.02 bits per heavy atom. The van der Waals surface area contributed by atoms with Crippen LogP contribution in [0.5, 0.6) is 0 Å². The molecule has 7 heteroatoms. The molecule has 4 aromatic carbocycles. The Kier molecular flexibility index (Phi) is 13.5. The molecule has 0 radical (unpaired) electrons. The molecule has 0 aliphatic carbocycles. The summed E-state index contributed by atoms with van der Waals surface area (Å²) in [5.41, 5.74) is 8.38. The summed E-state index contributed by atoms with van der Waals surface area (Å²) < 4.78 is 5.26. The van der Waals surface area contributed by atoms with Crippen LogP contribution in [0, 0.1) is 24.3 Å². The van der Waals surface area contributed by atoms with Crippen LogP contribution in [0.3, 0.4) is 0 Å². The Bertz CT molecular complexity index is 2110. The van der Waals surface area contributed by atoms with Gasteiger partial charge in [-0.3, -0.25) is 19.9 Å². The smallest absolute Gasteiger partial charge is 0.536 e. The van der Waals surface area contributed by atoms with Crippen molar-refractivity contribution in [1.29, 1.82) is 0 Å². The van der Waals surface area contributed by atoms with Gasteiger partial charge in [-0.2, -0.15) is 11.5 Å². The maximum Gasteiger partial charge on any atom is 2.00 e. The molecule has 0 saturated heterocycles. The van der Waals surface area contributed by atoms with E-state index >= 15 is 0 Å². The van der Waals surface area contributed by atoms with Gasteiger partial charge in [0.05, 0.1) is 11.4 Å². The molecule has 9 aromatic rings. The van der Waals surface area contributed by atoms with Crippen molar-refractivity contribution in [3.8, 4) is 45.2 Å². The largest absolute Gasteiger partial charge is 2.00 e. The van der Waals surface area contributed by atoms with Crippen LogP contribution in [0.1, 0.15) is 0 Å². The summed E-state index contributed by atoms with van der Waals surface area (Å²) in [5.74, 6) is 0. The van der Waals surface area contributed by atoms with Crippen LogP contribution in [0.15, 0.2) is 175 Å². The van der Waals surface area contributed by atoms with Gasteiger partial charge in [0.2, 0.25) is 0 Å². The molecule has 0 aliphatic rings. The van der Waals surface area contributed by atoms with Gasteiger partial charge in [-0.25, -0.2) is 0 Å². The third kappa shape index (κ3) is 9.67. The third-order valence-electron chi connectivity index (χ3n) is 7.50. The second kappa shape index (κ2) is 18.6. The zero-order chi connectivity index (χ0) is 33.1. The van der Waals surface area contributed by atoms with Crippen molar-refractivity contribution < 1.29 is 46.5 Å². The summed E-state index contributed by atoms with van der Waals surface area (Å²) in [6.45, 7) is 0. The summed E-state index contributed by atoms with van der Waals surface area (Å²) >= 11 is 0. The molecule has 5 heterocycles. The van der Waals surface area contributed by atoms with Gasteiger partial charge in [0.25, 0.3) is 0 Å². The van der Waals surface area contributed by atoms with E-state index in [1.807, 2.05) is 146 Å². The first-order valence-electron chi connectivity index (χ1n) is 15.7.